The largest absolute Gasteiger partial charge is 0.325 e. The van der Waals surface area contributed by atoms with E-state index in [0.717, 1.165) is 6.42 Å². The summed E-state index contributed by atoms with van der Waals surface area (Å²) in [6.07, 6.45) is 2.81. The molecule has 0 saturated carbocycles. The van der Waals surface area contributed by atoms with Gasteiger partial charge in [-0.15, -0.1) is 11.3 Å². The highest BCUT2D eigenvalue weighted by molar-refractivity contribution is 7.13. The summed E-state index contributed by atoms with van der Waals surface area (Å²) in [7, 11) is 0. The Hall–Kier alpha value is -1.92. The van der Waals surface area contributed by atoms with E-state index in [4.69, 9.17) is 11.6 Å². The predicted molar refractivity (Wildman–Crippen MR) is 85.1 cm³/mol. The first-order valence-electron chi connectivity index (χ1n) is 6.40. The number of benzene rings is 1. The zero-order chi connectivity index (χ0) is 15.2. The molecule has 0 radical (unpaired) electrons. The van der Waals surface area contributed by atoms with Crippen LogP contribution < -0.4 is 10.6 Å². The Bertz CT molecular complexity index is 644. The van der Waals surface area contributed by atoms with Crippen LogP contribution in [0.4, 0.5) is 10.8 Å². The number of nitrogens with one attached hydrogen (secondary N) is 2. The van der Waals surface area contributed by atoms with Crippen LogP contribution in [0.25, 0.3) is 0 Å². The molecule has 1 heterocycles. The number of carbonyl (C=O) groups is 2. The average Bonchev–Trinajstić information content (AvgIpc) is 2.94. The highest BCUT2D eigenvalue weighted by Crippen LogP contribution is 2.24. The van der Waals surface area contributed by atoms with Gasteiger partial charge in [0.2, 0.25) is 5.91 Å². The topological polar surface area (TPSA) is 71.1 Å². The number of halogens is 1. The Morgan fingerprint density at radius 1 is 1.33 bits per heavy atom. The Balaban J connectivity index is 2.07. The Kier molecular flexibility index (Phi) is 5.30. The van der Waals surface area contributed by atoms with Gasteiger partial charge in [0.05, 0.1) is 10.7 Å². The molecule has 0 atom stereocenters. The van der Waals surface area contributed by atoms with Crippen molar-refractivity contribution in [2.75, 3.05) is 10.6 Å². The lowest BCUT2D eigenvalue weighted by molar-refractivity contribution is -0.116. The molecule has 0 aliphatic heterocycles. The highest BCUT2D eigenvalue weighted by atomic mass is 35.5. The molecule has 2 N–H and O–H groups in total. The van der Waals surface area contributed by atoms with Gasteiger partial charge in [-0.1, -0.05) is 18.5 Å². The van der Waals surface area contributed by atoms with E-state index in [1.807, 2.05) is 6.92 Å². The van der Waals surface area contributed by atoms with Crippen molar-refractivity contribution in [1.82, 2.24) is 4.98 Å². The van der Waals surface area contributed by atoms with Gasteiger partial charge < -0.3 is 5.32 Å². The fourth-order valence-corrected chi connectivity index (χ4v) is 2.40. The van der Waals surface area contributed by atoms with Crippen LogP contribution in [-0.2, 0) is 4.79 Å². The van der Waals surface area contributed by atoms with Crippen LogP contribution in [0.1, 0.15) is 30.1 Å². The minimum Gasteiger partial charge on any atom is -0.325 e. The number of carbonyl (C=O) groups excluding carboxylic acids is 2. The highest BCUT2D eigenvalue weighted by Gasteiger charge is 2.11. The molecule has 0 unspecified atom stereocenters. The Labute approximate surface area is 131 Å². The van der Waals surface area contributed by atoms with Gasteiger partial charge in [0.1, 0.15) is 0 Å². The molecule has 0 spiro atoms. The summed E-state index contributed by atoms with van der Waals surface area (Å²) in [5.74, 6) is -0.391. The molecule has 0 saturated heterocycles. The summed E-state index contributed by atoms with van der Waals surface area (Å²) >= 11 is 7.43. The summed E-state index contributed by atoms with van der Waals surface area (Å²) in [6.45, 7) is 1.92. The molecule has 0 aliphatic rings. The van der Waals surface area contributed by atoms with Crippen molar-refractivity contribution in [2.45, 2.75) is 19.8 Å². The first-order valence-corrected chi connectivity index (χ1v) is 7.66. The molecule has 7 heteroatoms. The van der Waals surface area contributed by atoms with Crippen LogP contribution in [0.3, 0.4) is 0 Å². The van der Waals surface area contributed by atoms with Gasteiger partial charge >= 0.3 is 0 Å². The summed E-state index contributed by atoms with van der Waals surface area (Å²) < 4.78 is 0. The number of thiazole rings is 1. The van der Waals surface area contributed by atoms with E-state index in [9.17, 15) is 9.59 Å². The fourth-order valence-electron chi connectivity index (χ4n) is 1.65. The molecule has 2 rings (SSSR count). The van der Waals surface area contributed by atoms with Crippen molar-refractivity contribution in [2.24, 2.45) is 0 Å². The minimum atomic E-state index is -0.293. The minimum absolute atomic E-state index is 0.0978. The third kappa shape index (κ3) is 4.27. The van der Waals surface area contributed by atoms with Gasteiger partial charge in [-0.2, -0.15) is 0 Å². The molecule has 2 amide bonds. The van der Waals surface area contributed by atoms with Gasteiger partial charge in [0.15, 0.2) is 5.13 Å². The lowest BCUT2D eigenvalue weighted by atomic mass is 10.2. The number of rotatable bonds is 5. The third-order valence-corrected chi connectivity index (χ3v) is 3.64. The zero-order valence-electron chi connectivity index (χ0n) is 11.4. The summed E-state index contributed by atoms with van der Waals surface area (Å²) in [5, 5.41) is 8.00. The van der Waals surface area contributed by atoms with Crippen LogP contribution in [0.5, 0.6) is 0 Å². The number of anilines is 2. The van der Waals surface area contributed by atoms with Crippen LogP contribution in [0.2, 0.25) is 5.02 Å². The van der Waals surface area contributed by atoms with Crippen LogP contribution in [0.15, 0.2) is 29.8 Å². The maximum absolute atomic E-state index is 12.0. The second-order valence-corrected chi connectivity index (χ2v) is 5.59. The molecular weight excluding hydrogens is 310 g/mol. The van der Waals surface area contributed by atoms with E-state index < -0.39 is 0 Å². The van der Waals surface area contributed by atoms with Gasteiger partial charge in [-0.25, -0.2) is 4.98 Å². The maximum atomic E-state index is 12.0. The van der Waals surface area contributed by atoms with E-state index in [1.54, 1.807) is 23.7 Å². The molecule has 1 aromatic carbocycles. The number of amides is 2. The van der Waals surface area contributed by atoms with Gasteiger partial charge in [0.25, 0.3) is 5.91 Å². The van der Waals surface area contributed by atoms with E-state index in [2.05, 4.69) is 15.6 Å². The lowest BCUT2D eigenvalue weighted by Crippen LogP contribution is -2.13. The van der Waals surface area contributed by atoms with Crippen molar-refractivity contribution in [3.05, 3.63) is 40.4 Å². The van der Waals surface area contributed by atoms with Gasteiger partial charge in [-0.3, -0.25) is 14.9 Å². The van der Waals surface area contributed by atoms with Gasteiger partial charge in [0, 0.05) is 23.6 Å². The Morgan fingerprint density at radius 3 is 2.76 bits per heavy atom. The number of nitrogens with zero attached hydrogens (tertiary/aromatic N) is 1. The first-order chi connectivity index (χ1) is 10.1. The first kappa shape index (κ1) is 15.5. The van der Waals surface area contributed by atoms with Crippen molar-refractivity contribution in [1.29, 1.82) is 0 Å². The number of aromatic nitrogens is 1. The third-order valence-electron chi connectivity index (χ3n) is 2.64. The summed E-state index contributed by atoms with van der Waals surface area (Å²) in [6, 6.07) is 4.75. The molecule has 21 heavy (non-hydrogen) atoms. The molecular formula is C14H14ClN3O2S. The Morgan fingerprint density at radius 2 is 2.14 bits per heavy atom. The normalized spacial score (nSPS) is 10.2. The quantitative estimate of drug-likeness (QED) is 0.879. The van der Waals surface area contributed by atoms with Crippen molar-refractivity contribution < 1.29 is 9.59 Å². The SMILES string of the molecule is CCCC(=O)Nc1ccc(C(=O)Nc2nccs2)cc1Cl. The number of hydrogen-bond donors (Lipinski definition) is 2. The van der Waals surface area contributed by atoms with Gasteiger partial charge in [-0.05, 0) is 24.6 Å². The number of hydrogen-bond acceptors (Lipinski definition) is 4. The van der Waals surface area contributed by atoms with Crippen molar-refractivity contribution in [3.8, 4) is 0 Å². The molecule has 5 nitrogen and oxygen atoms in total. The summed E-state index contributed by atoms with van der Waals surface area (Å²) in [4.78, 5) is 27.5. The van der Waals surface area contributed by atoms with Crippen molar-refractivity contribution in [3.63, 3.8) is 0 Å². The average molecular weight is 324 g/mol. The van der Waals surface area contributed by atoms with Crippen molar-refractivity contribution >= 4 is 45.6 Å². The molecule has 0 aliphatic carbocycles. The van der Waals surface area contributed by atoms with Crippen LogP contribution in [-0.4, -0.2) is 16.8 Å². The second-order valence-electron chi connectivity index (χ2n) is 4.28. The maximum Gasteiger partial charge on any atom is 0.257 e. The summed E-state index contributed by atoms with van der Waals surface area (Å²) in [5.41, 5.74) is 0.907. The zero-order valence-corrected chi connectivity index (χ0v) is 12.9. The molecule has 0 bridgehead atoms. The molecule has 110 valence electrons. The molecule has 1 aromatic heterocycles. The second kappa shape index (κ2) is 7.19. The van der Waals surface area contributed by atoms with E-state index in [1.165, 1.54) is 17.4 Å². The molecule has 2 aromatic rings. The van der Waals surface area contributed by atoms with Crippen LogP contribution >= 0.6 is 22.9 Å². The smallest absolute Gasteiger partial charge is 0.257 e. The fraction of sp³-hybridized carbons (Fsp3) is 0.214. The van der Waals surface area contributed by atoms with E-state index >= 15 is 0 Å². The standard InChI is InChI=1S/C14H14ClN3O2S/c1-2-3-12(19)17-11-5-4-9(8-10(11)15)13(20)18-14-16-6-7-21-14/h4-8H,2-3H2,1H3,(H,17,19)(H,16,18,20). The predicted octanol–water partition coefficient (Wildman–Crippen LogP) is 3.79. The molecule has 0 fully saturated rings. The lowest BCUT2D eigenvalue weighted by Gasteiger charge is -2.08. The van der Waals surface area contributed by atoms with E-state index in [-0.39, 0.29) is 11.8 Å². The van der Waals surface area contributed by atoms with Crippen LogP contribution in [0, 0.1) is 0 Å². The van der Waals surface area contributed by atoms with E-state index in [0.29, 0.717) is 27.8 Å². The monoisotopic (exact) mass is 323 g/mol.